The van der Waals surface area contributed by atoms with E-state index in [1.165, 1.54) is 17.9 Å². The minimum Gasteiger partial charge on any atom is -0.442 e. The number of amides is 3. The maximum atomic E-state index is 15.0. The molecular weight excluding hydrogens is 465 g/mol. The Balaban J connectivity index is 1.29. The number of nitrogens with zero attached hydrogens (tertiary/aromatic N) is 3. The summed E-state index contributed by atoms with van der Waals surface area (Å²) in [7, 11) is 0. The highest BCUT2D eigenvalue weighted by Gasteiger charge is 2.35. The number of ether oxygens (including phenoxy) is 1. The number of nitriles is 1. The van der Waals surface area contributed by atoms with Gasteiger partial charge in [0.05, 0.1) is 30.5 Å². The average Bonchev–Trinajstić information content (AvgIpc) is 3.24. The zero-order chi connectivity index (χ0) is 25.7. The number of benzene rings is 1. The van der Waals surface area contributed by atoms with Crippen LogP contribution >= 0.6 is 0 Å². The van der Waals surface area contributed by atoms with Crippen molar-refractivity contribution >= 4 is 29.3 Å². The van der Waals surface area contributed by atoms with E-state index in [0.717, 1.165) is 32.1 Å². The van der Waals surface area contributed by atoms with Gasteiger partial charge in [0, 0.05) is 26.4 Å². The van der Waals surface area contributed by atoms with Gasteiger partial charge in [0.25, 0.3) is 0 Å². The fourth-order valence-corrected chi connectivity index (χ4v) is 5.39. The summed E-state index contributed by atoms with van der Waals surface area (Å²) in [4.78, 5) is 39.3. The number of piperidine rings is 1. The summed E-state index contributed by atoms with van der Waals surface area (Å²) in [5.41, 5.74) is 0.161. The van der Waals surface area contributed by atoms with Crippen molar-refractivity contribution in [2.75, 3.05) is 36.0 Å². The van der Waals surface area contributed by atoms with Gasteiger partial charge in [-0.05, 0) is 49.8 Å². The molecule has 3 aliphatic rings. The van der Waals surface area contributed by atoms with Crippen molar-refractivity contribution in [2.24, 2.45) is 5.92 Å². The Morgan fingerprint density at radius 2 is 1.94 bits per heavy atom. The molecule has 36 heavy (non-hydrogen) atoms. The predicted octanol–water partition coefficient (Wildman–Crippen LogP) is 3.24. The van der Waals surface area contributed by atoms with Crippen LogP contribution in [0.25, 0.3) is 0 Å². The third-order valence-electron chi connectivity index (χ3n) is 7.42. The van der Waals surface area contributed by atoms with Crippen molar-refractivity contribution in [1.82, 2.24) is 10.6 Å². The van der Waals surface area contributed by atoms with E-state index in [1.54, 1.807) is 12.1 Å². The van der Waals surface area contributed by atoms with Crippen LogP contribution in [-0.4, -0.2) is 55.7 Å². The van der Waals surface area contributed by atoms with Crippen LogP contribution in [0.3, 0.4) is 0 Å². The molecule has 2 aliphatic heterocycles. The minimum absolute atomic E-state index is 0.0678. The Morgan fingerprint density at radius 3 is 2.58 bits per heavy atom. The highest BCUT2D eigenvalue weighted by Crippen LogP contribution is 2.32. The maximum Gasteiger partial charge on any atom is 0.414 e. The fourth-order valence-electron chi connectivity index (χ4n) is 5.39. The molecule has 1 saturated carbocycles. The molecule has 0 radical (unpaired) electrons. The Labute approximate surface area is 210 Å². The summed E-state index contributed by atoms with van der Waals surface area (Å²) in [5.74, 6) is -0.501. The molecule has 4 rings (SSSR count). The van der Waals surface area contributed by atoms with Crippen molar-refractivity contribution in [3.63, 3.8) is 0 Å². The van der Waals surface area contributed by atoms with E-state index in [0.29, 0.717) is 43.7 Å². The van der Waals surface area contributed by atoms with Gasteiger partial charge in [-0.15, -0.1) is 0 Å². The zero-order valence-corrected chi connectivity index (χ0v) is 20.7. The van der Waals surface area contributed by atoms with Crippen molar-refractivity contribution in [2.45, 2.75) is 69.9 Å². The third kappa shape index (κ3) is 6.07. The monoisotopic (exact) mass is 499 g/mol. The van der Waals surface area contributed by atoms with E-state index in [-0.39, 0.29) is 30.8 Å². The first kappa shape index (κ1) is 25.7. The minimum atomic E-state index is -0.716. The van der Waals surface area contributed by atoms with Crippen molar-refractivity contribution in [1.29, 1.82) is 5.26 Å². The zero-order valence-electron chi connectivity index (χ0n) is 20.7. The molecule has 9 nitrogen and oxygen atoms in total. The number of carbonyl (C=O) groups is 3. The van der Waals surface area contributed by atoms with E-state index < -0.39 is 23.6 Å². The average molecular weight is 500 g/mol. The van der Waals surface area contributed by atoms with Gasteiger partial charge in [-0.3, -0.25) is 14.5 Å². The number of carbonyl (C=O) groups excluding carboxylic acids is 3. The Morgan fingerprint density at radius 1 is 1.22 bits per heavy atom. The van der Waals surface area contributed by atoms with Crippen molar-refractivity contribution < 1.29 is 23.5 Å². The Kier molecular flexibility index (Phi) is 7.97. The van der Waals surface area contributed by atoms with E-state index in [9.17, 15) is 19.6 Å². The van der Waals surface area contributed by atoms with E-state index in [1.807, 2.05) is 4.90 Å². The van der Waals surface area contributed by atoms with E-state index in [4.69, 9.17) is 4.74 Å². The molecule has 0 spiro atoms. The summed E-state index contributed by atoms with van der Waals surface area (Å²) in [5, 5.41) is 15.2. The molecule has 0 unspecified atom stereocenters. The van der Waals surface area contributed by atoms with Crippen LogP contribution in [0.5, 0.6) is 0 Å². The smallest absolute Gasteiger partial charge is 0.414 e. The molecule has 2 saturated heterocycles. The van der Waals surface area contributed by atoms with Crippen LogP contribution in [0.15, 0.2) is 18.2 Å². The predicted molar refractivity (Wildman–Crippen MR) is 132 cm³/mol. The van der Waals surface area contributed by atoms with Gasteiger partial charge in [0.2, 0.25) is 11.8 Å². The molecule has 1 aromatic rings. The second-order valence-corrected chi connectivity index (χ2v) is 10.1. The molecule has 0 bridgehead atoms. The number of halogens is 1. The highest BCUT2D eigenvalue weighted by atomic mass is 19.1. The fraction of sp³-hybridized carbons (Fsp3) is 0.615. The van der Waals surface area contributed by atoms with Crippen LogP contribution in [-0.2, 0) is 14.3 Å². The lowest BCUT2D eigenvalue weighted by atomic mass is 9.82. The van der Waals surface area contributed by atoms with Gasteiger partial charge in [-0.25, -0.2) is 9.18 Å². The quantitative estimate of drug-likeness (QED) is 0.595. The first-order valence-electron chi connectivity index (χ1n) is 12.8. The molecule has 3 fully saturated rings. The van der Waals surface area contributed by atoms with Crippen LogP contribution in [0.4, 0.5) is 20.6 Å². The van der Waals surface area contributed by atoms with Gasteiger partial charge >= 0.3 is 6.09 Å². The first-order valence-corrected chi connectivity index (χ1v) is 12.8. The lowest BCUT2D eigenvalue weighted by Crippen LogP contribution is -2.49. The molecule has 1 atom stereocenters. The second kappa shape index (κ2) is 11.1. The van der Waals surface area contributed by atoms with Gasteiger partial charge in [-0.2, -0.15) is 5.26 Å². The largest absolute Gasteiger partial charge is 0.442 e. The van der Waals surface area contributed by atoms with Crippen molar-refractivity contribution in [3.8, 4) is 6.07 Å². The molecule has 0 aromatic heterocycles. The maximum absolute atomic E-state index is 15.0. The Bertz CT molecular complexity index is 1030. The number of anilines is 2. The summed E-state index contributed by atoms with van der Waals surface area (Å²) in [6.45, 7) is 3.09. The van der Waals surface area contributed by atoms with Crippen LogP contribution in [0, 0.1) is 23.1 Å². The summed E-state index contributed by atoms with van der Waals surface area (Å²) >= 11 is 0. The van der Waals surface area contributed by atoms with Gasteiger partial charge in [-0.1, -0.05) is 19.3 Å². The normalized spacial score (nSPS) is 22.0. The third-order valence-corrected chi connectivity index (χ3v) is 7.42. The SMILES string of the molecule is CC(=O)NC[C@H]1CN(c2ccc(N3CCC(CC(=O)NC4(C#N)CCCCC4)CC3)c(F)c2)C(=O)O1. The summed E-state index contributed by atoms with van der Waals surface area (Å²) < 4.78 is 20.3. The second-order valence-electron chi connectivity index (χ2n) is 10.1. The van der Waals surface area contributed by atoms with Gasteiger partial charge in [0.15, 0.2) is 0 Å². The summed E-state index contributed by atoms with van der Waals surface area (Å²) in [6, 6.07) is 7.04. The van der Waals surface area contributed by atoms with Gasteiger partial charge in [0.1, 0.15) is 17.5 Å². The molecule has 1 aromatic carbocycles. The molecule has 194 valence electrons. The molecule has 3 amide bonds. The number of cyclic esters (lactones) is 1. The first-order chi connectivity index (χ1) is 17.3. The summed E-state index contributed by atoms with van der Waals surface area (Å²) in [6.07, 6.45) is 5.33. The topological polar surface area (TPSA) is 115 Å². The molecule has 2 heterocycles. The molecular formula is C26H34FN5O4. The van der Waals surface area contributed by atoms with Crippen LogP contribution < -0.4 is 20.4 Å². The number of hydrogen-bond acceptors (Lipinski definition) is 6. The molecule has 1 aliphatic carbocycles. The number of rotatable bonds is 7. The van der Waals surface area contributed by atoms with Crippen molar-refractivity contribution in [3.05, 3.63) is 24.0 Å². The lowest BCUT2D eigenvalue weighted by Gasteiger charge is -2.35. The van der Waals surface area contributed by atoms with Gasteiger partial charge < -0.3 is 20.3 Å². The standard InChI is InChI=1S/C26H34FN5O4/c1-18(33)29-15-21-16-32(25(35)36-21)20-5-6-23(22(27)14-20)31-11-7-19(8-12-31)13-24(34)30-26(17-28)9-3-2-4-10-26/h5-6,14,19,21H,2-4,7-13,15-16H2,1H3,(H,29,33)(H,30,34)/t21-/m0/s1. The van der Waals surface area contributed by atoms with Crippen LogP contribution in [0.1, 0.15) is 58.3 Å². The highest BCUT2D eigenvalue weighted by molar-refractivity contribution is 5.90. The van der Waals surface area contributed by atoms with E-state index in [2.05, 4.69) is 16.7 Å². The van der Waals surface area contributed by atoms with E-state index >= 15 is 4.39 Å². The number of hydrogen-bond donors (Lipinski definition) is 2. The number of nitrogens with one attached hydrogen (secondary N) is 2. The Hall–Kier alpha value is -3.35. The molecule has 10 heteroatoms. The van der Waals surface area contributed by atoms with Crippen LogP contribution in [0.2, 0.25) is 0 Å². The lowest BCUT2D eigenvalue weighted by molar-refractivity contribution is -0.124. The molecule has 2 N–H and O–H groups in total.